The van der Waals surface area contributed by atoms with Crippen molar-refractivity contribution in [1.29, 1.82) is 0 Å². The fourth-order valence-electron chi connectivity index (χ4n) is 2.62. The summed E-state index contributed by atoms with van der Waals surface area (Å²) in [6, 6.07) is 1.57. The standard InChI is InChI=1S/C14H21N5O3S.2ClH/c1-2-13-12-9-11(10-16-14(12)22-18-13)23(20,21)17-5-8-19-6-3-15-4-7-19;;/h9-10,15,17H,2-8H2,1H3;2*1H. The molecule has 8 nitrogen and oxygen atoms in total. The van der Waals surface area contributed by atoms with Gasteiger partial charge in [0.2, 0.25) is 10.0 Å². The molecule has 1 aliphatic heterocycles. The first-order valence-corrected chi connectivity index (χ1v) is 9.25. The van der Waals surface area contributed by atoms with Crippen molar-refractivity contribution in [1.82, 2.24) is 25.1 Å². The lowest BCUT2D eigenvalue weighted by atomic mass is 10.2. The number of rotatable bonds is 6. The maximum atomic E-state index is 12.4. The summed E-state index contributed by atoms with van der Waals surface area (Å²) in [7, 11) is -3.58. The summed E-state index contributed by atoms with van der Waals surface area (Å²) >= 11 is 0. The third-order valence-corrected chi connectivity index (χ3v) is 5.38. The van der Waals surface area contributed by atoms with Crippen LogP contribution in [0.25, 0.3) is 11.1 Å². The van der Waals surface area contributed by atoms with Crippen LogP contribution in [0.2, 0.25) is 0 Å². The van der Waals surface area contributed by atoms with Gasteiger partial charge in [-0.15, -0.1) is 24.8 Å². The fourth-order valence-corrected chi connectivity index (χ4v) is 3.61. The second-order valence-electron chi connectivity index (χ2n) is 5.50. The van der Waals surface area contributed by atoms with Crippen LogP contribution in [0.3, 0.4) is 0 Å². The van der Waals surface area contributed by atoms with Gasteiger partial charge in [-0.2, -0.15) is 0 Å². The van der Waals surface area contributed by atoms with Crippen molar-refractivity contribution in [2.75, 3.05) is 39.3 Å². The highest BCUT2D eigenvalue weighted by molar-refractivity contribution is 7.89. The molecule has 1 fully saturated rings. The molecule has 0 aromatic carbocycles. The molecule has 0 spiro atoms. The Labute approximate surface area is 159 Å². The van der Waals surface area contributed by atoms with Crippen LogP contribution in [0, 0.1) is 0 Å². The lowest BCUT2D eigenvalue weighted by molar-refractivity contribution is 0.245. The smallest absolute Gasteiger partial charge is 0.258 e. The van der Waals surface area contributed by atoms with Gasteiger partial charge >= 0.3 is 0 Å². The highest BCUT2D eigenvalue weighted by atomic mass is 35.5. The monoisotopic (exact) mass is 411 g/mol. The van der Waals surface area contributed by atoms with Crippen molar-refractivity contribution in [3.8, 4) is 0 Å². The second-order valence-corrected chi connectivity index (χ2v) is 7.26. The molecule has 3 heterocycles. The summed E-state index contributed by atoms with van der Waals surface area (Å²) < 4.78 is 32.5. The normalized spacial score (nSPS) is 15.6. The topological polar surface area (TPSA) is 100 Å². The van der Waals surface area contributed by atoms with Gasteiger partial charge in [0.15, 0.2) is 0 Å². The van der Waals surface area contributed by atoms with Gasteiger partial charge < -0.3 is 9.84 Å². The molecule has 11 heteroatoms. The van der Waals surface area contributed by atoms with E-state index in [4.69, 9.17) is 4.52 Å². The van der Waals surface area contributed by atoms with E-state index in [1.54, 1.807) is 6.07 Å². The zero-order chi connectivity index (χ0) is 16.3. The van der Waals surface area contributed by atoms with Crippen LogP contribution in [-0.4, -0.2) is 62.7 Å². The van der Waals surface area contributed by atoms with Crippen LogP contribution < -0.4 is 10.0 Å². The molecule has 2 aromatic heterocycles. The molecule has 0 saturated carbocycles. The van der Waals surface area contributed by atoms with Crippen LogP contribution in [0.1, 0.15) is 12.6 Å². The first-order valence-electron chi connectivity index (χ1n) is 7.77. The number of aryl methyl sites for hydroxylation is 1. The Bertz CT molecular complexity index is 778. The largest absolute Gasteiger partial charge is 0.336 e. The number of nitrogens with zero attached hydrogens (tertiary/aromatic N) is 3. The SMILES string of the molecule is CCc1noc2ncc(S(=O)(=O)NCCN3CCNCC3)cc12.Cl.Cl. The van der Waals surface area contributed by atoms with Gasteiger partial charge in [0.05, 0.1) is 17.3 Å². The Morgan fingerprint density at radius 2 is 2.04 bits per heavy atom. The van der Waals surface area contributed by atoms with E-state index in [1.165, 1.54) is 6.20 Å². The number of nitrogens with one attached hydrogen (secondary N) is 2. The van der Waals surface area contributed by atoms with E-state index >= 15 is 0 Å². The van der Waals surface area contributed by atoms with Crippen LogP contribution in [0.5, 0.6) is 0 Å². The molecule has 2 N–H and O–H groups in total. The average molecular weight is 412 g/mol. The number of pyridine rings is 1. The summed E-state index contributed by atoms with van der Waals surface area (Å²) in [4.78, 5) is 6.42. The van der Waals surface area contributed by atoms with Gasteiger partial charge in [0.25, 0.3) is 5.71 Å². The predicted octanol–water partition coefficient (Wildman–Crippen LogP) is 0.812. The zero-order valence-corrected chi connectivity index (χ0v) is 16.3. The van der Waals surface area contributed by atoms with Crippen LogP contribution in [-0.2, 0) is 16.4 Å². The van der Waals surface area contributed by atoms with Crippen LogP contribution >= 0.6 is 24.8 Å². The van der Waals surface area contributed by atoms with Gasteiger partial charge in [-0.1, -0.05) is 12.1 Å². The number of halogens is 2. The van der Waals surface area contributed by atoms with E-state index in [2.05, 4.69) is 25.1 Å². The van der Waals surface area contributed by atoms with Crippen molar-refractivity contribution >= 4 is 45.9 Å². The van der Waals surface area contributed by atoms with Gasteiger partial charge in [0.1, 0.15) is 4.90 Å². The highest BCUT2D eigenvalue weighted by Crippen LogP contribution is 2.20. The first kappa shape index (κ1) is 22.1. The Morgan fingerprint density at radius 3 is 2.72 bits per heavy atom. The van der Waals surface area contributed by atoms with Crippen molar-refractivity contribution in [3.63, 3.8) is 0 Å². The van der Waals surface area contributed by atoms with Crippen molar-refractivity contribution in [2.45, 2.75) is 18.2 Å². The van der Waals surface area contributed by atoms with E-state index in [-0.39, 0.29) is 29.7 Å². The Morgan fingerprint density at radius 1 is 1.32 bits per heavy atom. The molecule has 0 radical (unpaired) electrons. The Kier molecular flexibility index (Phi) is 8.52. The van der Waals surface area contributed by atoms with E-state index in [9.17, 15) is 8.42 Å². The average Bonchev–Trinajstić information content (AvgIpc) is 2.98. The minimum atomic E-state index is -3.58. The maximum Gasteiger partial charge on any atom is 0.258 e. The fraction of sp³-hybridized carbons (Fsp3) is 0.571. The molecule has 0 amide bonds. The summed E-state index contributed by atoms with van der Waals surface area (Å²) in [5.41, 5.74) is 1.08. The predicted molar refractivity (Wildman–Crippen MR) is 100 cm³/mol. The molecular weight excluding hydrogens is 389 g/mol. The van der Waals surface area contributed by atoms with Gasteiger partial charge in [0, 0.05) is 39.3 Å². The molecule has 0 aliphatic carbocycles. The Balaban J connectivity index is 0.00000156. The molecule has 0 unspecified atom stereocenters. The third-order valence-electron chi connectivity index (χ3n) is 3.95. The summed E-state index contributed by atoms with van der Waals surface area (Å²) in [6.07, 6.45) is 1.97. The third kappa shape index (κ3) is 5.25. The lowest BCUT2D eigenvalue weighted by Gasteiger charge is -2.27. The number of fused-ring (bicyclic) bond motifs is 1. The molecule has 1 saturated heterocycles. The summed E-state index contributed by atoms with van der Waals surface area (Å²) in [5.74, 6) is 0. The molecule has 0 bridgehead atoms. The van der Waals surface area contributed by atoms with Gasteiger partial charge in [-0.05, 0) is 12.5 Å². The van der Waals surface area contributed by atoms with E-state index < -0.39 is 10.0 Å². The number of aromatic nitrogens is 2. The quantitative estimate of drug-likeness (QED) is 0.724. The van der Waals surface area contributed by atoms with E-state index in [0.717, 1.165) is 26.2 Å². The number of hydrogen-bond donors (Lipinski definition) is 2. The van der Waals surface area contributed by atoms with Crippen LogP contribution in [0.15, 0.2) is 21.7 Å². The van der Waals surface area contributed by atoms with E-state index in [1.807, 2.05) is 6.92 Å². The number of piperazine rings is 1. The lowest BCUT2D eigenvalue weighted by Crippen LogP contribution is -2.46. The molecule has 142 valence electrons. The van der Waals surface area contributed by atoms with Crippen molar-refractivity contribution in [3.05, 3.63) is 18.0 Å². The van der Waals surface area contributed by atoms with E-state index in [0.29, 0.717) is 36.3 Å². The van der Waals surface area contributed by atoms with Gasteiger partial charge in [-0.3, -0.25) is 4.90 Å². The molecule has 3 rings (SSSR count). The number of sulfonamides is 1. The summed E-state index contributed by atoms with van der Waals surface area (Å²) in [5, 5.41) is 7.81. The van der Waals surface area contributed by atoms with Crippen LogP contribution in [0.4, 0.5) is 0 Å². The summed E-state index contributed by atoms with van der Waals surface area (Å²) in [6.45, 7) is 6.78. The molecule has 25 heavy (non-hydrogen) atoms. The molecule has 2 aromatic rings. The Hall–Kier alpha value is -0.970. The molecular formula is C14H23Cl2N5O3S. The molecule has 0 atom stereocenters. The zero-order valence-electron chi connectivity index (χ0n) is 13.9. The van der Waals surface area contributed by atoms with Crippen molar-refractivity contribution < 1.29 is 12.9 Å². The minimum Gasteiger partial charge on any atom is -0.336 e. The minimum absolute atomic E-state index is 0. The molecule has 1 aliphatic rings. The second kappa shape index (κ2) is 9.65. The van der Waals surface area contributed by atoms with Gasteiger partial charge in [-0.25, -0.2) is 18.1 Å². The van der Waals surface area contributed by atoms with Crippen molar-refractivity contribution in [2.24, 2.45) is 0 Å². The number of hydrogen-bond acceptors (Lipinski definition) is 7. The maximum absolute atomic E-state index is 12.4. The highest BCUT2D eigenvalue weighted by Gasteiger charge is 2.18. The first-order chi connectivity index (χ1) is 11.1.